The number of carbonyl (C=O) groups excluding carboxylic acids is 2. The second-order valence-electron chi connectivity index (χ2n) is 10.9. The van der Waals surface area contributed by atoms with Crippen LogP contribution in [0.1, 0.15) is 58.2 Å². The number of pyridine rings is 1. The monoisotopic (exact) mass is 635 g/mol. The molecule has 46 heavy (non-hydrogen) atoms. The third-order valence-electron chi connectivity index (χ3n) is 7.77. The van der Waals surface area contributed by atoms with Gasteiger partial charge in [-0.2, -0.15) is 18.3 Å². The number of nitrogens with zero attached hydrogens (tertiary/aromatic N) is 5. The fraction of sp³-hybridized carbons (Fsp3) is 0.353. The minimum absolute atomic E-state index is 0.0336. The Kier molecular flexibility index (Phi) is 11.3. The molecule has 0 unspecified atom stereocenters. The van der Waals surface area contributed by atoms with Gasteiger partial charge >= 0.3 is 6.18 Å². The summed E-state index contributed by atoms with van der Waals surface area (Å²) in [6.45, 7) is 12.0. The molecule has 0 bridgehead atoms. The Bertz CT molecular complexity index is 1660. The van der Waals surface area contributed by atoms with Crippen molar-refractivity contribution in [3.8, 4) is 11.1 Å². The van der Waals surface area contributed by atoms with E-state index in [9.17, 15) is 22.8 Å². The molecule has 4 aromatic rings. The molecule has 2 amide bonds. The molecule has 1 aliphatic heterocycles. The second kappa shape index (κ2) is 15.2. The molecule has 9 nitrogen and oxygen atoms in total. The zero-order valence-corrected chi connectivity index (χ0v) is 26.8. The van der Waals surface area contributed by atoms with E-state index in [0.717, 1.165) is 36.8 Å². The molecule has 3 heterocycles. The molecule has 244 valence electrons. The Morgan fingerprint density at radius 3 is 2.20 bits per heavy atom. The molecule has 1 fully saturated rings. The normalized spacial score (nSPS) is 13.9. The van der Waals surface area contributed by atoms with Crippen molar-refractivity contribution in [3.63, 3.8) is 0 Å². The third kappa shape index (κ3) is 8.58. The number of nitrogens with one attached hydrogen (secondary N) is 2. The molecule has 12 heteroatoms. The fourth-order valence-electron chi connectivity index (χ4n) is 5.15. The molecule has 0 radical (unpaired) electrons. The number of piperazine rings is 1. The van der Waals surface area contributed by atoms with E-state index in [1.165, 1.54) is 24.4 Å². The molecule has 2 aromatic heterocycles. The lowest BCUT2D eigenvalue weighted by atomic mass is 10.0. The van der Waals surface area contributed by atoms with Crippen molar-refractivity contribution in [1.29, 1.82) is 0 Å². The van der Waals surface area contributed by atoms with Crippen LogP contribution >= 0.6 is 0 Å². The van der Waals surface area contributed by atoms with Crippen LogP contribution < -0.4 is 10.6 Å². The molecule has 1 aliphatic rings. The fourth-order valence-corrected chi connectivity index (χ4v) is 5.15. The van der Waals surface area contributed by atoms with E-state index < -0.39 is 23.6 Å². The Morgan fingerprint density at radius 1 is 0.848 bits per heavy atom. The van der Waals surface area contributed by atoms with Crippen molar-refractivity contribution in [2.45, 2.75) is 40.4 Å². The SMILES string of the molecule is CC.CCN1CCN(Cc2ccc(NC(=O)c3ccc(C)c(NC(=O)c4cncc(-c5cnn(C)c5)c4)c3)cc2C(F)(F)F)CC1. The van der Waals surface area contributed by atoms with Crippen LogP contribution in [0.2, 0.25) is 0 Å². The van der Waals surface area contributed by atoms with E-state index in [1.807, 2.05) is 24.9 Å². The van der Waals surface area contributed by atoms with E-state index in [0.29, 0.717) is 29.9 Å². The number of anilines is 2. The van der Waals surface area contributed by atoms with Crippen molar-refractivity contribution in [2.24, 2.45) is 7.05 Å². The minimum Gasteiger partial charge on any atom is -0.322 e. The van der Waals surface area contributed by atoms with Crippen LogP contribution in [0.25, 0.3) is 11.1 Å². The lowest BCUT2D eigenvalue weighted by molar-refractivity contribution is -0.138. The van der Waals surface area contributed by atoms with E-state index in [-0.39, 0.29) is 23.4 Å². The summed E-state index contributed by atoms with van der Waals surface area (Å²) >= 11 is 0. The second-order valence-corrected chi connectivity index (χ2v) is 10.9. The largest absolute Gasteiger partial charge is 0.416 e. The minimum atomic E-state index is -4.58. The highest BCUT2D eigenvalue weighted by atomic mass is 19.4. The van der Waals surface area contributed by atoms with Gasteiger partial charge in [0.1, 0.15) is 0 Å². The van der Waals surface area contributed by atoms with Crippen LogP contribution in [0.4, 0.5) is 24.5 Å². The summed E-state index contributed by atoms with van der Waals surface area (Å²) in [5.41, 5.74) is 2.55. The maximum Gasteiger partial charge on any atom is 0.416 e. The van der Waals surface area contributed by atoms with Gasteiger partial charge in [-0.3, -0.25) is 24.2 Å². The first-order valence-corrected chi connectivity index (χ1v) is 15.3. The van der Waals surface area contributed by atoms with E-state index in [4.69, 9.17) is 0 Å². The van der Waals surface area contributed by atoms with E-state index >= 15 is 0 Å². The smallest absolute Gasteiger partial charge is 0.322 e. The summed E-state index contributed by atoms with van der Waals surface area (Å²) in [6.07, 6.45) is 1.98. The van der Waals surface area contributed by atoms with Crippen molar-refractivity contribution < 1.29 is 22.8 Å². The molecule has 0 spiro atoms. The molecule has 0 aliphatic carbocycles. The first kappa shape index (κ1) is 34.3. The van der Waals surface area contributed by atoms with Gasteiger partial charge in [0.25, 0.3) is 11.8 Å². The van der Waals surface area contributed by atoms with E-state index in [2.05, 4.69) is 32.5 Å². The van der Waals surface area contributed by atoms with Gasteiger partial charge in [0.15, 0.2) is 0 Å². The highest BCUT2D eigenvalue weighted by Crippen LogP contribution is 2.35. The van der Waals surface area contributed by atoms with Crippen LogP contribution in [0.3, 0.4) is 0 Å². The Morgan fingerprint density at radius 2 is 1.54 bits per heavy atom. The number of hydrogen-bond donors (Lipinski definition) is 2. The molecule has 2 aromatic carbocycles. The van der Waals surface area contributed by atoms with Gasteiger partial charge < -0.3 is 15.5 Å². The first-order chi connectivity index (χ1) is 22.0. The molecule has 5 rings (SSSR count). The maximum absolute atomic E-state index is 14.1. The Balaban J connectivity index is 0.00000235. The molecule has 2 N–H and O–H groups in total. The number of aromatic nitrogens is 3. The summed E-state index contributed by atoms with van der Waals surface area (Å²) in [7, 11) is 1.79. The number of alkyl halides is 3. The average Bonchev–Trinajstić information content (AvgIpc) is 3.50. The summed E-state index contributed by atoms with van der Waals surface area (Å²) in [4.78, 5) is 34.7. The van der Waals surface area contributed by atoms with Gasteiger partial charge in [-0.15, -0.1) is 0 Å². The summed E-state index contributed by atoms with van der Waals surface area (Å²) in [5, 5.41) is 9.54. The van der Waals surface area contributed by atoms with Gasteiger partial charge in [-0.1, -0.05) is 32.9 Å². The Labute approximate surface area is 267 Å². The van der Waals surface area contributed by atoms with Crippen molar-refractivity contribution in [2.75, 3.05) is 43.4 Å². The van der Waals surface area contributed by atoms with Crippen LogP contribution in [0.5, 0.6) is 0 Å². The number of halogens is 3. The third-order valence-corrected chi connectivity index (χ3v) is 7.77. The molecule has 1 saturated heterocycles. The summed E-state index contributed by atoms with van der Waals surface area (Å²) < 4.78 is 43.8. The number of rotatable bonds is 8. The Hall–Kier alpha value is -4.55. The zero-order valence-electron chi connectivity index (χ0n) is 26.8. The molecular formula is C34H40F3N7O2. The molecule has 0 atom stereocenters. The zero-order chi connectivity index (χ0) is 33.4. The lowest BCUT2D eigenvalue weighted by Gasteiger charge is -2.34. The van der Waals surface area contributed by atoms with Gasteiger partial charge in [-0.05, 0) is 54.9 Å². The van der Waals surface area contributed by atoms with Crippen LogP contribution in [-0.4, -0.2) is 69.1 Å². The van der Waals surface area contributed by atoms with Crippen molar-refractivity contribution >= 4 is 23.2 Å². The predicted molar refractivity (Wildman–Crippen MR) is 174 cm³/mol. The number of carbonyl (C=O) groups is 2. The highest BCUT2D eigenvalue weighted by Gasteiger charge is 2.34. The number of likely N-dealkylation sites (N-methyl/N-ethyl adjacent to an activating group) is 1. The number of aryl methyl sites for hydroxylation is 2. The summed E-state index contributed by atoms with van der Waals surface area (Å²) in [6, 6.07) is 10.3. The first-order valence-electron chi connectivity index (χ1n) is 15.3. The quantitative estimate of drug-likeness (QED) is 0.230. The lowest BCUT2D eigenvalue weighted by Crippen LogP contribution is -2.45. The van der Waals surface area contributed by atoms with Crippen LogP contribution in [-0.2, 0) is 19.8 Å². The molecule has 0 saturated carbocycles. The highest BCUT2D eigenvalue weighted by molar-refractivity contribution is 6.08. The number of amides is 2. The maximum atomic E-state index is 14.1. The van der Waals surface area contributed by atoms with Crippen LogP contribution in [0.15, 0.2) is 67.3 Å². The van der Waals surface area contributed by atoms with Crippen molar-refractivity contribution in [3.05, 3.63) is 95.1 Å². The van der Waals surface area contributed by atoms with Gasteiger partial charge in [0, 0.05) is 86.4 Å². The molecular weight excluding hydrogens is 595 g/mol. The predicted octanol–water partition coefficient (Wildman–Crippen LogP) is 6.48. The average molecular weight is 636 g/mol. The van der Waals surface area contributed by atoms with Crippen molar-refractivity contribution in [1.82, 2.24) is 24.6 Å². The topological polar surface area (TPSA) is 95.4 Å². The van der Waals surface area contributed by atoms with E-state index in [1.54, 1.807) is 49.2 Å². The summed E-state index contributed by atoms with van der Waals surface area (Å²) in [5.74, 6) is -1.03. The van der Waals surface area contributed by atoms with Gasteiger partial charge in [-0.25, -0.2) is 0 Å². The number of benzene rings is 2. The van der Waals surface area contributed by atoms with Crippen LogP contribution in [0, 0.1) is 6.92 Å². The van der Waals surface area contributed by atoms with Gasteiger partial charge in [0.05, 0.1) is 17.3 Å². The van der Waals surface area contributed by atoms with Gasteiger partial charge in [0.2, 0.25) is 0 Å². The number of hydrogen-bond acceptors (Lipinski definition) is 6. The standard InChI is InChI=1S/C32H34F3N7O2.C2H6/c1-4-41-9-11-42(12-10-41)20-23-7-8-27(15-28(23)32(33,34)35)38-30(43)22-6-5-21(2)29(14-22)39-31(44)25-13-24(16-36-17-25)26-18-37-40(3)19-26;1-2/h5-8,13-19H,4,9-12,20H2,1-3H3,(H,38,43)(H,39,44);1-2H3.